The normalized spacial score (nSPS) is 15.9. The highest BCUT2D eigenvalue weighted by molar-refractivity contribution is 5.93. The Morgan fingerprint density at radius 1 is 1.07 bits per heavy atom. The molecule has 1 N–H and O–H groups in total. The van der Waals surface area contributed by atoms with E-state index in [9.17, 15) is 4.79 Å². The molecule has 1 atom stereocenters. The summed E-state index contributed by atoms with van der Waals surface area (Å²) in [6.07, 6.45) is 2.46. The van der Waals surface area contributed by atoms with Crippen molar-refractivity contribution in [3.05, 3.63) is 54.6 Å². The maximum absolute atomic E-state index is 12.6. The number of carbonyl (C=O) groups excluding carboxylic acids is 1. The van der Waals surface area contributed by atoms with E-state index in [2.05, 4.69) is 44.7 Å². The second kappa shape index (κ2) is 8.43. The lowest BCUT2D eigenvalue weighted by Gasteiger charge is -2.32. The minimum atomic E-state index is -0.566. The van der Waals surface area contributed by atoms with Gasteiger partial charge >= 0.3 is 0 Å². The molecule has 0 saturated carbocycles. The summed E-state index contributed by atoms with van der Waals surface area (Å²) in [5.41, 5.74) is 2.84. The van der Waals surface area contributed by atoms with Crippen molar-refractivity contribution in [2.75, 3.05) is 23.3 Å². The number of benzene rings is 2. The summed E-state index contributed by atoms with van der Waals surface area (Å²) in [4.78, 5) is 16.4. The van der Waals surface area contributed by atoms with Gasteiger partial charge in [0.25, 0.3) is 5.91 Å². The molecular formula is C22H26N6O. The van der Waals surface area contributed by atoms with E-state index in [0.717, 1.165) is 30.3 Å². The average molecular weight is 390 g/mol. The van der Waals surface area contributed by atoms with Crippen LogP contribution in [0, 0.1) is 5.92 Å². The van der Waals surface area contributed by atoms with Crippen LogP contribution in [-0.2, 0) is 4.79 Å². The Balaban J connectivity index is 1.38. The summed E-state index contributed by atoms with van der Waals surface area (Å²) in [6, 6.07) is 17.1. The van der Waals surface area contributed by atoms with Gasteiger partial charge in [0, 0.05) is 30.0 Å². The lowest BCUT2D eigenvalue weighted by atomic mass is 9.99. The Morgan fingerprint density at radius 2 is 1.76 bits per heavy atom. The largest absolute Gasteiger partial charge is 0.372 e. The quantitative estimate of drug-likeness (QED) is 0.718. The number of nitrogens with one attached hydrogen (secondary N) is 1. The molecule has 4 rings (SSSR count). The van der Waals surface area contributed by atoms with E-state index in [1.54, 1.807) is 6.92 Å². The molecule has 0 aliphatic carbocycles. The second-order valence-corrected chi connectivity index (χ2v) is 7.68. The number of piperidine rings is 1. The van der Waals surface area contributed by atoms with Gasteiger partial charge in [-0.05, 0) is 55.2 Å². The van der Waals surface area contributed by atoms with Gasteiger partial charge in [-0.1, -0.05) is 37.3 Å². The zero-order valence-corrected chi connectivity index (χ0v) is 16.8. The summed E-state index contributed by atoms with van der Waals surface area (Å²) in [7, 11) is 0. The number of aromatic nitrogens is 4. The number of rotatable bonds is 5. The Hall–Kier alpha value is -3.22. The summed E-state index contributed by atoms with van der Waals surface area (Å²) in [5, 5.41) is 15.4. The van der Waals surface area contributed by atoms with Gasteiger partial charge < -0.3 is 10.2 Å². The van der Waals surface area contributed by atoms with Gasteiger partial charge in [0.15, 0.2) is 0 Å². The molecule has 1 fully saturated rings. The van der Waals surface area contributed by atoms with Crippen LogP contribution in [0.15, 0.2) is 54.6 Å². The van der Waals surface area contributed by atoms with Gasteiger partial charge in [-0.15, -0.1) is 10.2 Å². The molecule has 0 bridgehead atoms. The molecule has 0 spiro atoms. The predicted octanol–water partition coefficient (Wildman–Crippen LogP) is 3.78. The van der Waals surface area contributed by atoms with Crippen LogP contribution in [0.2, 0.25) is 0 Å². The molecular weight excluding hydrogens is 364 g/mol. The van der Waals surface area contributed by atoms with Gasteiger partial charge in [-0.3, -0.25) is 4.79 Å². The van der Waals surface area contributed by atoms with Gasteiger partial charge in [0.1, 0.15) is 6.04 Å². The predicted molar refractivity (Wildman–Crippen MR) is 114 cm³/mol. The molecule has 1 aromatic heterocycles. The van der Waals surface area contributed by atoms with Crippen LogP contribution in [0.3, 0.4) is 0 Å². The van der Waals surface area contributed by atoms with Gasteiger partial charge in [-0.2, -0.15) is 4.80 Å². The fourth-order valence-corrected chi connectivity index (χ4v) is 3.47. The van der Waals surface area contributed by atoms with Crippen LogP contribution in [0.25, 0.3) is 11.4 Å². The smallest absolute Gasteiger partial charge is 0.250 e. The summed E-state index contributed by atoms with van der Waals surface area (Å²) >= 11 is 0. The minimum Gasteiger partial charge on any atom is -0.372 e. The molecule has 3 aromatic rings. The van der Waals surface area contributed by atoms with E-state index in [1.807, 2.05) is 42.5 Å². The van der Waals surface area contributed by atoms with E-state index in [0.29, 0.717) is 5.82 Å². The maximum atomic E-state index is 12.6. The molecule has 7 nitrogen and oxygen atoms in total. The fraction of sp³-hybridized carbons (Fsp3) is 0.364. The van der Waals surface area contributed by atoms with E-state index in [1.165, 1.54) is 23.3 Å². The Bertz CT molecular complexity index is 945. The first kappa shape index (κ1) is 19.1. The highest BCUT2D eigenvalue weighted by atomic mass is 16.2. The first-order valence-corrected chi connectivity index (χ1v) is 10.1. The molecule has 1 aliphatic rings. The topological polar surface area (TPSA) is 75.9 Å². The average Bonchev–Trinajstić information content (AvgIpc) is 3.25. The zero-order valence-electron chi connectivity index (χ0n) is 16.8. The molecule has 0 radical (unpaired) electrons. The fourth-order valence-electron chi connectivity index (χ4n) is 3.47. The number of carbonyl (C=O) groups is 1. The third kappa shape index (κ3) is 4.45. The Morgan fingerprint density at radius 3 is 2.45 bits per heavy atom. The Kier molecular flexibility index (Phi) is 5.55. The molecule has 29 heavy (non-hydrogen) atoms. The lowest BCUT2D eigenvalue weighted by molar-refractivity contribution is -0.119. The van der Waals surface area contributed by atoms with Crippen molar-refractivity contribution in [3.63, 3.8) is 0 Å². The minimum absolute atomic E-state index is 0.179. The first-order valence-electron chi connectivity index (χ1n) is 10.1. The van der Waals surface area contributed by atoms with Gasteiger partial charge in [0.2, 0.25) is 5.82 Å². The summed E-state index contributed by atoms with van der Waals surface area (Å²) in [6.45, 7) is 6.25. The van der Waals surface area contributed by atoms with Crippen molar-refractivity contribution < 1.29 is 4.79 Å². The van der Waals surface area contributed by atoms with Crippen molar-refractivity contribution in [2.45, 2.75) is 32.7 Å². The SMILES string of the molecule is CC1CCN(c2ccc(NC(=O)C(C)n3nnc(-c4ccccc4)n3)cc2)CC1. The number of hydrogen-bond acceptors (Lipinski definition) is 5. The summed E-state index contributed by atoms with van der Waals surface area (Å²) in [5.74, 6) is 1.13. The summed E-state index contributed by atoms with van der Waals surface area (Å²) < 4.78 is 0. The standard InChI is InChI=1S/C22H26N6O/c1-16-12-14-27(15-13-16)20-10-8-19(9-11-20)23-22(29)17(2)28-25-21(24-26-28)18-6-4-3-5-7-18/h3-11,16-17H,12-15H2,1-2H3,(H,23,29). The van der Waals surface area contributed by atoms with Crippen molar-refractivity contribution in [1.82, 2.24) is 20.2 Å². The molecule has 1 unspecified atom stereocenters. The van der Waals surface area contributed by atoms with Crippen LogP contribution >= 0.6 is 0 Å². The lowest BCUT2D eigenvalue weighted by Crippen LogP contribution is -2.32. The zero-order chi connectivity index (χ0) is 20.2. The molecule has 2 heterocycles. The van der Waals surface area contributed by atoms with E-state index >= 15 is 0 Å². The number of anilines is 2. The molecule has 1 amide bonds. The van der Waals surface area contributed by atoms with Crippen LogP contribution in [0.1, 0.15) is 32.7 Å². The third-order valence-electron chi connectivity index (χ3n) is 5.47. The van der Waals surface area contributed by atoms with Crippen LogP contribution in [0.5, 0.6) is 0 Å². The van der Waals surface area contributed by atoms with E-state index in [4.69, 9.17) is 0 Å². The van der Waals surface area contributed by atoms with Gasteiger partial charge in [0.05, 0.1) is 0 Å². The highest BCUT2D eigenvalue weighted by Gasteiger charge is 2.20. The van der Waals surface area contributed by atoms with E-state index < -0.39 is 6.04 Å². The second-order valence-electron chi connectivity index (χ2n) is 7.68. The van der Waals surface area contributed by atoms with Crippen molar-refractivity contribution in [2.24, 2.45) is 5.92 Å². The number of tetrazole rings is 1. The molecule has 2 aromatic carbocycles. The maximum Gasteiger partial charge on any atom is 0.250 e. The number of nitrogens with zero attached hydrogens (tertiary/aromatic N) is 5. The van der Waals surface area contributed by atoms with Crippen molar-refractivity contribution in [1.29, 1.82) is 0 Å². The number of amides is 1. The Labute approximate surface area is 170 Å². The van der Waals surface area contributed by atoms with Crippen molar-refractivity contribution >= 4 is 17.3 Å². The number of hydrogen-bond donors (Lipinski definition) is 1. The van der Waals surface area contributed by atoms with Crippen molar-refractivity contribution in [3.8, 4) is 11.4 Å². The molecule has 1 aliphatic heterocycles. The highest BCUT2D eigenvalue weighted by Crippen LogP contribution is 2.24. The van der Waals surface area contributed by atoms with Crippen LogP contribution in [-0.4, -0.2) is 39.2 Å². The van der Waals surface area contributed by atoms with Crippen LogP contribution < -0.4 is 10.2 Å². The third-order valence-corrected chi connectivity index (χ3v) is 5.47. The van der Waals surface area contributed by atoms with E-state index in [-0.39, 0.29) is 5.91 Å². The van der Waals surface area contributed by atoms with Crippen LogP contribution in [0.4, 0.5) is 11.4 Å². The first-order chi connectivity index (χ1) is 14.1. The molecule has 7 heteroatoms. The monoisotopic (exact) mass is 390 g/mol. The molecule has 150 valence electrons. The van der Waals surface area contributed by atoms with Gasteiger partial charge in [-0.25, -0.2) is 0 Å². The molecule has 1 saturated heterocycles.